The van der Waals surface area contributed by atoms with Crippen LogP contribution >= 0.6 is 0 Å². The highest BCUT2D eigenvalue weighted by molar-refractivity contribution is 7.90. The summed E-state index contributed by atoms with van der Waals surface area (Å²) in [7, 11) is 0. The van der Waals surface area contributed by atoms with Gasteiger partial charge in [0.15, 0.2) is 0 Å². The molecule has 0 saturated carbocycles. The fraction of sp³-hybridized carbons (Fsp3) is 0.409. The molecule has 0 bridgehead atoms. The number of rotatable bonds is 6. The second kappa shape index (κ2) is 9.36. The minimum atomic E-state index is -5.10. The molecule has 176 valence electrons. The van der Waals surface area contributed by atoms with Crippen molar-refractivity contribution in [1.29, 1.82) is 0 Å². The van der Waals surface area contributed by atoms with Crippen molar-refractivity contribution >= 4 is 17.3 Å². The zero-order valence-electron chi connectivity index (χ0n) is 18.2. The first-order valence-corrected chi connectivity index (χ1v) is 10.8. The number of carbonyl (C=O) groups is 1. The third-order valence-corrected chi connectivity index (χ3v) is 6.47. The highest BCUT2D eigenvalue weighted by Gasteiger charge is 2.39. The summed E-state index contributed by atoms with van der Waals surface area (Å²) in [6.45, 7) is 7.67. The number of aryl methyl sites for hydroxylation is 1. The van der Waals surface area contributed by atoms with Crippen LogP contribution in [0.4, 0.5) is 22.0 Å². The van der Waals surface area contributed by atoms with Gasteiger partial charge in [-0.1, -0.05) is 6.07 Å². The molecule has 4 nitrogen and oxygen atoms in total. The maximum Gasteiger partial charge on any atom is 0.419 e. The van der Waals surface area contributed by atoms with Crippen LogP contribution in [0, 0.1) is 25.5 Å². The van der Waals surface area contributed by atoms with Crippen molar-refractivity contribution in [3.8, 4) is 11.1 Å². The number of nitrogens with one attached hydrogen (secondary N) is 1. The molecule has 2 atom stereocenters. The highest BCUT2D eigenvalue weighted by Crippen LogP contribution is 2.40. The van der Waals surface area contributed by atoms with Gasteiger partial charge in [-0.2, -0.15) is 13.2 Å². The van der Waals surface area contributed by atoms with Crippen LogP contribution in [-0.2, 0) is 22.3 Å². The summed E-state index contributed by atoms with van der Waals surface area (Å²) in [4.78, 5) is 11.4. The third-order valence-electron chi connectivity index (χ3n) is 4.86. The van der Waals surface area contributed by atoms with E-state index in [1.54, 1.807) is 27.7 Å². The van der Waals surface area contributed by atoms with Crippen molar-refractivity contribution in [1.82, 2.24) is 4.72 Å². The molecule has 0 aliphatic heterocycles. The molecule has 2 aromatic rings. The third kappa shape index (κ3) is 5.79. The lowest BCUT2D eigenvalue weighted by Gasteiger charge is -2.28. The summed E-state index contributed by atoms with van der Waals surface area (Å²) in [6.07, 6.45) is -5.92. The van der Waals surface area contributed by atoms with Crippen molar-refractivity contribution in [2.24, 2.45) is 0 Å². The van der Waals surface area contributed by atoms with E-state index in [0.717, 1.165) is 6.07 Å². The number of halogens is 5. The van der Waals surface area contributed by atoms with Crippen molar-refractivity contribution in [2.45, 2.75) is 58.0 Å². The Kier molecular flexibility index (Phi) is 7.63. The second-order valence-corrected chi connectivity index (χ2v) is 10.4. The Labute approximate surface area is 186 Å². The number of hydrogen-bond acceptors (Lipinski definition) is 3. The Hall–Kier alpha value is -2.17. The van der Waals surface area contributed by atoms with Gasteiger partial charge >= 0.3 is 12.1 Å². The molecule has 0 aliphatic rings. The van der Waals surface area contributed by atoms with E-state index in [0.29, 0.717) is 11.6 Å². The first-order chi connectivity index (χ1) is 14.5. The maximum absolute atomic E-state index is 15.1. The zero-order chi connectivity index (χ0) is 24.6. The number of aliphatic carboxylic acids is 1. The molecule has 0 amide bonds. The van der Waals surface area contributed by atoms with E-state index in [2.05, 4.69) is 4.72 Å². The number of carboxylic acids is 1. The zero-order valence-corrected chi connectivity index (χ0v) is 19.0. The van der Waals surface area contributed by atoms with Gasteiger partial charge in [-0.25, -0.2) is 8.78 Å². The Morgan fingerprint density at radius 1 is 1.16 bits per heavy atom. The van der Waals surface area contributed by atoms with Crippen LogP contribution in [0.3, 0.4) is 0 Å². The van der Waals surface area contributed by atoms with E-state index >= 15 is 4.39 Å². The van der Waals surface area contributed by atoms with E-state index in [-0.39, 0.29) is 16.7 Å². The Balaban J connectivity index is 2.82. The van der Waals surface area contributed by atoms with Crippen LogP contribution in [0.15, 0.2) is 24.3 Å². The average Bonchev–Trinajstić information content (AvgIpc) is 2.63. The van der Waals surface area contributed by atoms with Gasteiger partial charge in [0.1, 0.15) is 16.4 Å². The second-order valence-electron chi connectivity index (χ2n) is 8.44. The van der Waals surface area contributed by atoms with Gasteiger partial charge in [0, 0.05) is 16.9 Å². The fourth-order valence-electron chi connectivity index (χ4n) is 3.21. The Bertz CT molecular complexity index is 1020. The monoisotopic (exact) mass is 477 g/mol. The average molecular weight is 477 g/mol. The quantitative estimate of drug-likeness (QED) is 0.405. The lowest BCUT2D eigenvalue weighted by Crippen LogP contribution is -2.42. The number of benzene rings is 2. The molecule has 10 heteroatoms. The lowest BCUT2D eigenvalue weighted by molar-refractivity contribution is -0.140. The van der Waals surface area contributed by atoms with Crippen LogP contribution in [0.1, 0.15) is 55.5 Å². The van der Waals surface area contributed by atoms with E-state index in [4.69, 9.17) is 0 Å². The summed E-state index contributed by atoms with van der Waals surface area (Å²) in [6, 6.07) is 2.66. The summed E-state index contributed by atoms with van der Waals surface area (Å²) >= 11 is -1.91. The smallest absolute Gasteiger partial charge is 0.419 e. The molecule has 0 spiro atoms. The Morgan fingerprint density at radius 2 is 1.75 bits per heavy atom. The van der Waals surface area contributed by atoms with E-state index in [9.17, 15) is 32.0 Å². The summed E-state index contributed by atoms with van der Waals surface area (Å²) in [5.74, 6) is -3.75. The molecule has 1 unspecified atom stereocenters. The molecule has 2 aromatic carbocycles. The topological polar surface area (TPSA) is 72.4 Å². The minimum absolute atomic E-state index is 0.0664. The number of carboxylic acid groups (broad SMARTS) is 1. The molecule has 0 aliphatic carbocycles. The molecule has 0 saturated heterocycles. The van der Waals surface area contributed by atoms with E-state index in [1.807, 2.05) is 0 Å². The van der Waals surface area contributed by atoms with E-state index < -0.39 is 63.5 Å². The van der Waals surface area contributed by atoms with Gasteiger partial charge in [-0.05, 0) is 75.1 Å². The van der Waals surface area contributed by atoms with Gasteiger partial charge in [0.05, 0.1) is 18.0 Å². The van der Waals surface area contributed by atoms with Gasteiger partial charge in [-0.3, -0.25) is 4.79 Å². The fourth-order valence-corrected chi connectivity index (χ4v) is 4.03. The van der Waals surface area contributed by atoms with Crippen molar-refractivity contribution < 1.29 is 36.4 Å². The van der Waals surface area contributed by atoms with Crippen LogP contribution in [-0.4, -0.2) is 20.4 Å². The van der Waals surface area contributed by atoms with E-state index in [1.165, 1.54) is 19.1 Å². The van der Waals surface area contributed by atoms with Crippen molar-refractivity contribution in [3.05, 3.63) is 58.2 Å². The molecule has 0 fully saturated rings. The molecule has 32 heavy (non-hydrogen) atoms. The van der Waals surface area contributed by atoms with Gasteiger partial charge in [-0.15, -0.1) is 4.72 Å². The van der Waals surface area contributed by atoms with Crippen LogP contribution in [0.25, 0.3) is 11.1 Å². The number of hydrogen-bond donors (Lipinski definition) is 2. The normalized spacial score (nSPS) is 14.3. The van der Waals surface area contributed by atoms with Crippen LogP contribution < -0.4 is 4.72 Å². The first kappa shape index (κ1) is 26.1. The summed E-state index contributed by atoms with van der Waals surface area (Å²) in [5, 5.41) is 9.26. The highest BCUT2D eigenvalue weighted by atomic mass is 32.2. The molecule has 2 N–H and O–H groups in total. The largest absolute Gasteiger partial charge is 0.598 e. The standard InChI is InChI=1S/C22H24F5NO3S/c1-11-6-7-16(23)12(2)19(11)13-8-14(20(24)15(9-13)22(25,26)27)17(10-18(29)30)28-32(31)21(3,4)5/h6-9,17,28H,10H2,1-5H3,(H,29,30)/t17-,32?/m0/s1. The predicted octanol–water partition coefficient (Wildman–Crippen LogP) is 5.84. The maximum atomic E-state index is 15.1. The van der Waals surface area contributed by atoms with Gasteiger partial charge in [0.2, 0.25) is 0 Å². The predicted molar refractivity (Wildman–Crippen MR) is 112 cm³/mol. The summed E-state index contributed by atoms with van der Waals surface area (Å²) in [5.41, 5.74) is -1.69. The van der Waals surface area contributed by atoms with Crippen LogP contribution in [0.5, 0.6) is 0 Å². The minimum Gasteiger partial charge on any atom is -0.598 e. The molecular weight excluding hydrogens is 453 g/mol. The molecule has 0 heterocycles. The van der Waals surface area contributed by atoms with Crippen molar-refractivity contribution in [2.75, 3.05) is 0 Å². The van der Waals surface area contributed by atoms with Crippen molar-refractivity contribution in [3.63, 3.8) is 0 Å². The lowest BCUT2D eigenvalue weighted by atomic mass is 9.90. The van der Waals surface area contributed by atoms with Crippen LogP contribution in [0.2, 0.25) is 0 Å². The van der Waals surface area contributed by atoms with Gasteiger partial charge < -0.3 is 9.66 Å². The Morgan fingerprint density at radius 3 is 2.25 bits per heavy atom. The molecular formula is C22H24F5NO3S. The SMILES string of the molecule is Cc1ccc(F)c(C)c1-c1cc([C@H](CC(=O)O)N[S+]([O-])C(C)(C)C)c(F)c(C(F)(F)F)c1. The molecule has 0 aromatic heterocycles. The first-order valence-electron chi connectivity index (χ1n) is 9.60. The summed E-state index contributed by atoms with van der Waals surface area (Å²) < 4.78 is 84.3. The van der Waals surface area contributed by atoms with Gasteiger partial charge in [0.25, 0.3) is 0 Å². The number of alkyl halides is 3. The molecule has 2 rings (SSSR count). The molecule has 0 radical (unpaired) electrons.